The van der Waals surface area contributed by atoms with E-state index in [1.807, 2.05) is 12.1 Å². The molecule has 1 saturated heterocycles. The molecule has 1 N–H and O–H groups in total. The van der Waals surface area contributed by atoms with Crippen LogP contribution < -0.4 is 15.0 Å². The number of nitrogens with one attached hydrogen (secondary N) is 1. The van der Waals surface area contributed by atoms with Crippen molar-refractivity contribution in [2.45, 2.75) is 32.4 Å². The second-order valence-corrected chi connectivity index (χ2v) is 4.73. The van der Waals surface area contributed by atoms with Crippen LogP contribution in [0.15, 0.2) is 24.3 Å². The molecule has 2 rings (SSSR count). The summed E-state index contributed by atoms with van der Waals surface area (Å²) < 4.78 is 28.5. The van der Waals surface area contributed by atoms with E-state index >= 15 is 0 Å². The maximum atomic E-state index is 12.1. The fourth-order valence-electron chi connectivity index (χ4n) is 2.34. The number of ether oxygens (including phenoxy) is 1. The number of rotatable bonds is 4. The highest BCUT2D eigenvalue weighted by atomic mass is 19.3. The molecule has 0 radical (unpaired) electrons. The second-order valence-electron chi connectivity index (χ2n) is 4.73. The van der Waals surface area contributed by atoms with Crippen molar-refractivity contribution < 1.29 is 13.5 Å². The van der Waals surface area contributed by atoms with Crippen LogP contribution in [0.2, 0.25) is 0 Å². The molecule has 1 aliphatic rings. The molecule has 0 aliphatic carbocycles. The molecule has 1 unspecified atom stereocenters. The summed E-state index contributed by atoms with van der Waals surface area (Å²) >= 11 is 0. The van der Waals surface area contributed by atoms with Crippen LogP contribution in [-0.2, 0) is 0 Å². The van der Waals surface area contributed by atoms with Crippen LogP contribution in [0.1, 0.15) is 19.8 Å². The van der Waals surface area contributed by atoms with Crippen molar-refractivity contribution in [3.8, 4) is 5.75 Å². The van der Waals surface area contributed by atoms with E-state index in [9.17, 15) is 8.78 Å². The summed E-state index contributed by atoms with van der Waals surface area (Å²) in [6, 6.07) is 7.37. The SMILES string of the molecule is CCC1CN(c2ccc(OC(F)F)cc2)CCCN1. The molecule has 0 saturated carbocycles. The Morgan fingerprint density at radius 1 is 1.37 bits per heavy atom. The molecular weight excluding hydrogens is 250 g/mol. The number of benzene rings is 1. The lowest BCUT2D eigenvalue weighted by Crippen LogP contribution is -2.37. The third kappa shape index (κ3) is 4.06. The van der Waals surface area contributed by atoms with Crippen molar-refractivity contribution in [2.24, 2.45) is 0 Å². The van der Waals surface area contributed by atoms with E-state index in [2.05, 4.69) is 21.9 Å². The van der Waals surface area contributed by atoms with Crippen molar-refractivity contribution in [1.29, 1.82) is 0 Å². The monoisotopic (exact) mass is 270 g/mol. The summed E-state index contributed by atoms with van der Waals surface area (Å²) in [6.07, 6.45) is 2.18. The molecular formula is C14H20F2N2O. The van der Waals surface area contributed by atoms with Gasteiger partial charge in [0.05, 0.1) is 0 Å². The standard InChI is InChI=1S/C14H20F2N2O/c1-2-11-10-18(9-3-8-17-11)12-4-6-13(7-5-12)19-14(15)16/h4-7,11,14,17H,2-3,8-10H2,1H3. The van der Waals surface area contributed by atoms with Gasteiger partial charge in [0, 0.05) is 24.8 Å². The summed E-state index contributed by atoms with van der Waals surface area (Å²) in [4.78, 5) is 2.29. The highest BCUT2D eigenvalue weighted by molar-refractivity contribution is 5.49. The summed E-state index contributed by atoms with van der Waals surface area (Å²) in [7, 11) is 0. The van der Waals surface area contributed by atoms with Crippen LogP contribution in [0.25, 0.3) is 0 Å². The zero-order valence-electron chi connectivity index (χ0n) is 11.1. The highest BCUT2D eigenvalue weighted by Crippen LogP contribution is 2.22. The minimum Gasteiger partial charge on any atom is -0.435 e. The topological polar surface area (TPSA) is 24.5 Å². The summed E-state index contributed by atoms with van der Waals surface area (Å²) in [6.45, 7) is 2.37. The molecule has 3 nitrogen and oxygen atoms in total. The highest BCUT2D eigenvalue weighted by Gasteiger charge is 2.16. The molecule has 0 spiro atoms. The largest absolute Gasteiger partial charge is 0.435 e. The minimum absolute atomic E-state index is 0.207. The van der Waals surface area contributed by atoms with Gasteiger partial charge in [-0.3, -0.25) is 0 Å². The predicted molar refractivity (Wildman–Crippen MR) is 72.0 cm³/mol. The van der Waals surface area contributed by atoms with Crippen LogP contribution in [0.3, 0.4) is 0 Å². The summed E-state index contributed by atoms with van der Waals surface area (Å²) in [5, 5.41) is 3.50. The molecule has 1 heterocycles. The number of halogens is 2. The van der Waals surface area contributed by atoms with E-state index in [0.717, 1.165) is 38.2 Å². The molecule has 5 heteroatoms. The fourth-order valence-corrected chi connectivity index (χ4v) is 2.34. The lowest BCUT2D eigenvalue weighted by atomic mass is 10.2. The maximum Gasteiger partial charge on any atom is 0.387 e. The van der Waals surface area contributed by atoms with E-state index in [-0.39, 0.29) is 5.75 Å². The normalized spacial score (nSPS) is 20.4. The summed E-state index contributed by atoms with van der Waals surface area (Å²) in [5.41, 5.74) is 1.06. The molecule has 0 bridgehead atoms. The van der Waals surface area contributed by atoms with E-state index < -0.39 is 6.61 Å². The smallest absolute Gasteiger partial charge is 0.387 e. The number of anilines is 1. The van der Waals surface area contributed by atoms with Crippen molar-refractivity contribution in [1.82, 2.24) is 5.32 Å². The first kappa shape index (κ1) is 14.1. The summed E-state index contributed by atoms with van der Waals surface area (Å²) in [5.74, 6) is 0.207. The molecule has 1 aromatic carbocycles. The Bertz CT molecular complexity index is 384. The molecule has 1 atom stereocenters. The van der Waals surface area contributed by atoms with Gasteiger partial charge in [0.25, 0.3) is 0 Å². The predicted octanol–water partition coefficient (Wildman–Crippen LogP) is 2.87. The Kier molecular flexibility index (Phi) is 4.96. The van der Waals surface area contributed by atoms with Gasteiger partial charge in [-0.2, -0.15) is 8.78 Å². The van der Waals surface area contributed by atoms with Crippen LogP contribution in [0.5, 0.6) is 5.75 Å². The third-order valence-electron chi connectivity index (χ3n) is 3.40. The second kappa shape index (κ2) is 6.70. The van der Waals surface area contributed by atoms with Crippen molar-refractivity contribution in [3.63, 3.8) is 0 Å². The first-order valence-electron chi connectivity index (χ1n) is 6.72. The zero-order chi connectivity index (χ0) is 13.7. The van der Waals surface area contributed by atoms with Crippen molar-refractivity contribution in [2.75, 3.05) is 24.5 Å². The zero-order valence-corrected chi connectivity index (χ0v) is 11.1. The average Bonchev–Trinajstić information content (AvgIpc) is 2.64. The van der Waals surface area contributed by atoms with Crippen LogP contribution in [-0.4, -0.2) is 32.3 Å². The quantitative estimate of drug-likeness (QED) is 0.910. The van der Waals surface area contributed by atoms with E-state index in [4.69, 9.17) is 0 Å². The van der Waals surface area contributed by atoms with Gasteiger partial charge < -0.3 is 15.0 Å². The van der Waals surface area contributed by atoms with Crippen LogP contribution in [0.4, 0.5) is 14.5 Å². The molecule has 19 heavy (non-hydrogen) atoms. The van der Waals surface area contributed by atoms with Gasteiger partial charge in [-0.25, -0.2) is 0 Å². The van der Waals surface area contributed by atoms with Crippen LogP contribution in [0, 0.1) is 0 Å². The van der Waals surface area contributed by atoms with E-state index in [1.165, 1.54) is 0 Å². The first-order chi connectivity index (χ1) is 9.19. The van der Waals surface area contributed by atoms with Gasteiger partial charge in [-0.15, -0.1) is 0 Å². The molecule has 106 valence electrons. The lowest BCUT2D eigenvalue weighted by molar-refractivity contribution is -0.0498. The molecule has 0 amide bonds. The number of nitrogens with zero attached hydrogens (tertiary/aromatic N) is 1. The minimum atomic E-state index is -2.77. The maximum absolute atomic E-state index is 12.1. The third-order valence-corrected chi connectivity index (χ3v) is 3.40. The molecule has 1 aliphatic heterocycles. The van der Waals surface area contributed by atoms with Crippen molar-refractivity contribution >= 4 is 5.69 Å². The van der Waals surface area contributed by atoms with E-state index in [0.29, 0.717) is 6.04 Å². The van der Waals surface area contributed by atoms with E-state index in [1.54, 1.807) is 12.1 Å². The number of alkyl halides is 2. The lowest BCUT2D eigenvalue weighted by Gasteiger charge is -2.26. The molecule has 1 fully saturated rings. The Balaban J connectivity index is 2.03. The Morgan fingerprint density at radius 3 is 2.74 bits per heavy atom. The molecule has 0 aromatic heterocycles. The Labute approximate surface area is 112 Å². The molecule has 1 aromatic rings. The van der Waals surface area contributed by atoms with Crippen LogP contribution >= 0.6 is 0 Å². The van der Waals surface area contributed by atoms with Crippen molar-refractivity contribution in [3.05, 3.63) is 24.3 Å². The van der Waals surface area contributed by atoms with Gasteiger partial charge in [0.2, 0.25) is 0 Å². The van der Waals surface area contributed by atoms with Gasteiger partial charge in [0.1, 0.15) is 5.75 Å². The number of hydrogen-bond acceptors (Lipinski definition) is 3. The first-order valence-corrected chi connectivity index (χ1v) is 6.72. The average molecular weight is 270 g/mol. The van der Waals surface area contributed by atoms with Gasteiger partial charge in [0.15, 0.2) is 0 Å². The van der Waals surface area contributed by atoms with Gasteiger partial charge >= 0.3 is 6.61 Å². The number of hydrogen-bond donors (Lipinski definition) is 1. The van der Waals surface area contributed by atoms with Gasteiger partial charge in [-0.05, 0) is 43.7 Å². The van der Waals surface area contributed by atoms with Gasteiger partial charge in [-0.1, -0.05) is 6.92 Å². The fraction of sp³-hybridized carbons (Fsp3) is 0.571. The Morgan fingerprint density at radius 2 is 2.11 bits per heavy atom. The Hall–Kier alpha value is -1.36.